The Morgan fingerprint density at radius 3 is 0.600 bits per heavy atom. The first kappa shape index (κ1) is 37.0. The van der Waals surface area contributed by atoms with Crippen LogP contribution in [0.4, 0.5) is 0 Å². The summed E-state index contributed by atoms with van der Waals surface area (Å²) in [4.78, 5) is 24.8. The zero-order valence-corrected chi connectivity index (χ0v) is 10.7. The molecule has 13 nitrogen and oxygen atoms in total. The van der Waals surface area contributed by atoms with Crippen LogP contribution in [0, 0.1) is 46.0 Å². The van der Waals surface area contributed by atoms with Crippen LogP contribution in [0.3, 0.4) is 0 Å². The summed E-state index contributed by atoms with van der Waals surface area (Å²) in [5.74, 6) is 0. The SMILES string of the molecule is O.O=[N+]([O-])[O-].O=[N+]([O-])[O-].O=[N+]([O-])[O-].[Pt+2].[Pt]. The summed E-state index contributed by atoms with van der Waals surface area (Å²) >= 11 is 0. The Labute approximate surface area is 109 Å². The second-order valence-electron chi connectivity index (χ2n) is 0.671. The third-order valence-corrected chi connectivity index (χ3v) is 0. The van der Waals surface area contributed by atoms with Crippen LogP contribution in [-0.2, 0) is 42.1 Å². The molecule has 0 aliphatic carbocycles. The van der Waals surface area contributed by atoms with Crippen LogP contribution in [0.15, 0.2) is 0 Å². The van der Waals surface area contributed by atoms with E-state index in [4.69, 9.17) is 46.0 Å². The Kier molecular flexibility index (Phi) is 72.2. The predicted molar refractivity (Wildman–Crippen MR) is 34.7 cm³/mol. The Morgan fingerprint density at radius 1 is 0.600 bits per heavy atom. The first-order valence-electron chi connectivity index (χ1n) is 1.64. The van der Waals surface area contributed by atoms with Gasteiger partial charge in [0.05, 0.1) is 15.3 Å². The Hall–Kier alpha value is -1.06. The van der Waals surface area contributed by atoms with Crippen LogP contribution in [-0.4, -0.2) is 20.7 Å². The van der Waals surface area contributed by atoms with Crippen molar-refractivity contribution in [2.24, 2.45) is 0 Å². The topological polar surface area (TPSA) is 230 Å². The van der Waals surface area contributed by atoms with Crippen LogP contribution < -0.4 is 0 Å². The van der Waals surface area contributed by atoms with E-state index >= 15 is 0 Å². The first-order chi connectivity index (χ1) is 5.20. The van der Waals surface area contributed by atoms with E-state index in [1.54, 1.807) is 0 Å². The van der Waals surface area contributed by atoms with Gasteiger partial charge in [0.15, 0.2) is 0 Å². The molecule has 15 heteroatoms. The van der Waals surface area contributed by atoms with E-state index in [2.05, 4.69) is 0 Å². The van der Waals surface area contributed by atoms with Gasteiger partial charge >= 0.3 is 21.1 Å². The molecule has 0 rings (SSSR count). The molecule has 0 aromatic rings. The van der Waals surface area contributed by atoms with Crippen LogP contribution in [0.25, 0.3) is 0 Å². The van der Waals surface area contributed by atoms with Crippen LogP contribution in [0.5, 0.6) is 0 Å². The van der Waals surface area contributed by atoms with Crippen molar-refractivity contribution in [3.8, 4) is 0 Å². The molecule has 0 atom stereocenters. The molecule has 0 aromatic carbocycles. The molecule has 0 aliphatic rings. The number of hydrogen-bond donors (Lipinski definition) is 0. The minimum atomic E-state index is -1.75. The van der Waals surface area contributed by atoms with Gasteiger partial charge < -0.3 is 51.4 Å². The Balaban J connectivity index is -0.0000000184. The predicted octanol–water partition coefficient (Wildman–Crippen LogP) is -1.55. The fourth-order valence-corrected chi connectivity index (χ4v) is 0. The molecule has 0 spiro atoms. The van der Waals surface area contributed by atoms with Gasteiger partial charge in [-0.2, -0.15) is 0 Å². The number of nitrogens with zero attached hydrogens (tertiary/aromatic N) is 3. The standard InChI is InChI=1S/3NO3.H2O.2Pt/c3*2-1(3)4;;;/h;;;1H2;;/q3*-1;;;+2. The summed E-state index contributed by atoms with van der Waals surface area (Å²) in [5, 5.41) is 44.2. The Morgan fingerprint density at radius 2 is 0.600 bits per heavy atom. The quantitative estimate of drug-likeness (QED) is 0.233. The average molecular weight is 594 g/mol. The van der Waals surface area contributed by atoms with Gasteiger partial charge in [-0.05, 0) is 0 Å². The molecule has 0 saturated carbocycles. The maximum Gasteiger partial charge on any atom is 2.00 e. The molecule has 98 valence electrons. The summed E-state index contributed by atoms with van der Waals surface area (Å²) in [6.45, 7) is 0. The van der Waals surface area contributed by atoms with Crippen molar-refractivity contribution in [2.75, 3.05) is 0 Å². The molecule has 0 aliphatic heterocycles. The molecule has 0 fully saturated rings. The van der Waals surface area contributed by atoms with Crippen molar-refractivity contribution in [3.63, 3.8) is 0 Å². The van der Waals surface area contributed by atoms with Crippen LogP contribution in [0.1, 0.15) is 0 Å². The molecule has 0 bridgehead atoms. The van der Waals surface area contributed by atoms with Gasteiger partial charge in [-0.15, -0.1) is 0 Å². The maximum atomic E-state index is 8.25. The molecule has 0 amide bonds. The third kappa shape index (κ3) is 1370. The fraction of sp³-hybridized carbons (Fsp3) is 0. The monoisotopic (exact) mass is 594 g/mol. The molecule has 0 saturated heterocycles. The van der Waals surface area contributed by atoms with Gasteiger partial charge in [-0.3, -0.25) is 0 Å². The molecular formula is H2N3O10Pt2-. The Bertz CT molecular complexity index is 116. The third-order valence-electron chi connectivity index (χ3n) is 0. The first-order valence-corrected chi connectivity index (χ1v) is 1.64. The smallest absolute Gasteiger partial charge is 0.412 e. The zero-order chi connectivity index (χ0) is 10.7. The summed E-state index contributed by atoms with van der Waals surface area (Å²) in [7, 11) is 0. The number of rotatable bonds is 0. The van der Waals surface area contributed by atoms with Crippen molar-refractivity contribution in [2.45, 2.75) is 0 Å². The van der Waals surface area contributed by atoms with Crippen molar-refractivity contribution < 1.29 is 62.9 Å². The van der Waals surface area contributed by atoms with Gasteiger partial charge in [0.25, 0.3) is 0 Å². The van der Waals surface area contributed by atoms with Gasteiger partial charge in [-0.1, -0.05) is 0 Å². The second-order valence-corrected chi connectivity index (χ2v) is 0.671. The summed E-state index contributed by atoms with van der Waals surface area (Å²) in [6.07, 6.45) is 0. The minimum absolute atomic E-state index is 0. The molecule has 2 N–H and O–H groups in total. The van der Waals surface area contributed by atoms with Crippen LogP contribution >= 0.6 is 0 Å². The number of hydrogen-bond acceptors (Lipinski definition) is 9. The van der Waals surface area contributed by atoms with Gasteiger partial charge in [0, 0.05) is 21.1 Å². The summed E-state index contributed by atoms with van der Waals surface area (Å²) < 4.78 is 0. The van der Waals surface area contributed by atoms with E-state index in [1.807, 2.05) is 0 Å². The van der Waals surface area contributed by atoms with Crippen molar-refractivity contribution in [3.05, 3.63) is 46.0 Å². The van der Waals surface area contributed by atoms with Gasteiger partial charge in [-0.25, -0.2) is 0 Å². The van der Waals surface area contributed by atoms with E-state index in [0.717, 1.165) is 0 Å². The molecule has 15 heavy (non-hydrogen) atoms. The van der Waals surface area contributed by atoms with Crippen molar-refractivity contribution >= 4 is 0 Å². The van der Waals surface area contributed by atoms with E-state index in [-0.39, 0.29) is 47.6 Å². The fourth-order valence-electron chi connectivity index (χ4n) is 0. The van der Waals surface area contributed by atoms with Gasteiger partial charge in [0.1, 0.15) is 0 Å². The van der Waals surface area contributed by atoms with E-state index in [0.29, 0.717) is 0 Å². The second kappa shape index (κ2) is 29.3. The van der Waals surface area contributed by atoms with E-state index < -0.39 is 15.3 Å². The molecule has 0 radical (unpaired) electrons. The minimum Gasteiger partial charge on any atom is -0.412 e. The molecule has 0 unspecified atom stereocenters. The molecule has 0 heterocycles. The molecular weight excluding hydrogens is 592 g/mol. The van der Waals surface area contributed by atoms with E-state index in [1.165, 1.54) is 0 Å². The summed E-state index contributed by atoms with van der Waals surface area (Å²) in [6, 6.07) is 0. The normalized spacial score (nSPS) is 4.80. The van der Waals surface area contributed by atoms with Gasteiger partial charge in [0.2, 0.25) is 0 Å². The van der Waals surface area contributed by atoms with E-state index in [9.17, 15) is 0 Å². The largest absolute Gasteiger partial charge is 2.00 e. The average Bonchev–Trinajstić information content (AvgIpc) is 1.54. The summed E-state index contributed by atoms with van der Waals surface area (Å²) in [5.41, 5.74) is 0. The van der Waals surface area contributed by atoms with Crippen LogP contribution in [0.2, 0.25) is 0 Å². The van der Waals surface area contributed by atoms with Crippen molar-refractivity contribution in [1.29, 1.82) is 0 Å². The van der Waals surface area contributed by atoms with Crippen molar-refractivity contribution in [1.82, 2.24) is 0 Å². The molecule has 0 aromatic heterocycles. The maximum absolute atomic E-state index is 8.25. The zero-order valence-electron chi connectivity index (χ0n) is 6.15.